The van der Waals surface area contributed by atoms with Gasteiger partial charge in [-0.3, -0.25) is 28.6 Å². The topological polar surface area (TPSA) is 204 Å². The molecule has 40 heavy (non-hydrogen) atoms. The van der Waals surface area contributed by atoms with Crippen LogP contribution in [0.4, 0.5) is 0 Å². The van der Waals surface area contributed by atoms with Gasteiger partial charge in [0.2, 0.25) is 0 Å². The molecule has 5 atom stereocenters. The number of phosphoric ester groups is 2. The molecule has 0 saturated carbocycles. The second kappa shape index (κ2) is 16.7. The van der Waals surface area contributed by atoms with Crippen molar-refractivity contribution in [2.75, 3.05) is 6.61 Å². The van der Waals surface area contributed by atoms with Crippen LogP contribution < -0.4 is 11.2 Å². The van der Waals surface area contributed by atoms with Gasteiger partial charge in [-0.05, 0) is 13.3 Å². The minimum absolute atomic E-state index is 0.106. The number of aromatic nitrogens is 2. The fourth-order valence-corrected chi connectivity index (χ4v) is 6.33. The number of rotatable bonds is 19. The zero-order valence-corrected chi connectivity index (χ0v) is 24.9. The molecule has 0 aliphatic carbocycles. The van der Waals surface area contributed by atoms with Crippen LogP contribution in [-0.4, -0.2) is 49.2 Å². The molecular weight excluding hydrogens is 570 g/mol. The van der Waals surface area contributed by atoms with E-state index in [1.807, 2.05) is 0 Å². The molecule has 14 nitrogen and oxygen atoms in total. The molecule has 2 heterocycles. The third-order valence-electron chi connectivity index (χ3n) is 6.47. The van der Waals surface area contributed by atoms with Crippen LogP contribution in [0.25, 0.3) is 0 Å². The molecule has 1 saturated heterocycles. The van der Waals surface area contributed by atoms with Gasteiger partial charge in [0.1, 0.15) is 12.3 Å². The highest BCUT2D eigenvalue weighted by Crippen LogP contribution is 2.60. The van der Waals surface area contributed by atoms with Gasteiger partial charge in [0.05, 0.1) is 12.7 Å². The number of carbonyl (C=O) groups is 1. The van der Waals surface area contributed by atoms with E-state index in [4.69, 9.17) is 4.74 Å². The number of ether oxygens (including phenoxy) is 1. The highest BCUT2D eigenvalue weighted by Gasteiger charge is 2.41. The second-order valence-electron chi connectivity index (χ2n) is 9.97. The van der Waals surface area contributed by atoms with Crippen LogP contribution in [0.5, 0.6) is 0 Å². The molecule has 1 fully saturated rings. The van der Waals surface area contributed by atoms with E-state index in [1.54, 1.807) is 0 Å². The number of hydrogen-bond acceptors (Lipinski definition) is 10. The molecule has 1 aromatic heterocycles. The van der Waals surface area contributed by atoms with E-state index < -0.39 is 57.9 Å². The lowest BCUT2D eigenvalue weighted by Gasteiger charge is -2.19. The number of aliphatic hydroxyl groups excluding tert-OH is 1. The summed E-state index contributed by atoms with van der Waals surface area (Å²) in [6, 6.07) is 0. The number of aromatic amines is 1. The first-order chi connectivity index (χ1) is 18.8. The van der Waals surface area contributed by atoms with E-state index in [0.29, 0.717) is 6.42 Å². The smallest absolute Gasteiger partial charge is 0.390 e. The summed E-state index contributed by atoms with van der Waals surface area (Å²) in [6.45, 7) is 2.90. The Kier molecular flexibility index (Phi) is 14.5. The zero-order chi connectivity index (χ0) is 29.8. The number of carbonyl (C=O) groups excluding carboxylic acids is 1. The van der Waals surface area contributed by atoms with Crippen LogP contribution in [0.15, 0.2) is 15.8 Å². The van der Waals surface area contributed by atoms with Crippen LogP contribution in [0.1, 0.15) is 102 Å². The number of nitrogens with zero attached hydrogens (tertiary/aromatic N) is 1. The first kappa shape index (κ1) is 34.6. The molecule has 1 aliphatic heterocycles. The third kappa shape index (κ3) is 12.5. The summed E-state index contributed by atoms with van der Waals surface area (Å²) >= 11 is 0. The predicted octanol–water partition coefficient (Wildman–Crippen LogP) is 3.97. The number of phosphoric acid groups is 2. The van der Waals surface area contributed by atoms with Crippen molar-refractivity contribution < 1.29 is 46.9 Å². The van der Waals surface area contributed by atoms with Crippen molar-refractivity contribution in [2.45, 2.75) is 116 Å². The maximum atomic E-state index is 12.2. The van der Waals surface area contributed by atoms with Crippen molar-refractivity contribution in [1.82, 2.24) is 9.55 Å². The van der Waals surface area contributed by atoms with Crippen molar-refractivity contribution in [2.24, 2.45) is 0 Å². The Hall–Kier alpha value is -1.63. The fourth-order valence-electron chi connectivity index (χ4n) is 4.28. The molecule has 230 valence electrons. The largest absolute Gasteiger partial charge is 0.538 e. The van der Waals surface area contributed by atoms with Crippen molar-refractivity contribution in [3.8, 4) is 0 Å². The molecule has 1 aliphatic rings. The Bertz CT molecular complexity index is 1150. The maximum Gasteiger partial charge on any atom is 0.538 e. The number of H-pyrrole nitrogens is 1. The standard InChI is InChI=1S/C24H42N2O12P2/c1-3-4-5-6-7-8-9-10-11-12-13-14-22(28)37-40(33,34)38-39(31,32)35-17-20-19(27)15-21(36-20)26-16-18(2)23(29)25-24(26)30/h16,19-21,27H,3-15,17H2,1-2H3,(H,31,32)(H,33,34)(H,25,29,30)/t19-,20+,21+/m0/s1. The predicted molar refractivity (Wildman–Crippen MR) is 144 cm³/mol. The normalized spacial score (nSPS) is 22.1. The number of aryl methyl sites for hydroxylation is 1. The molecule has 0 aromatic carbocycles. The number of hydrogen-bond donors (Lipinski definition) is 4. The summed E-state index contributed by atoms with van der Waals surface area (Å²) in [5.74, 6) is -1.05. The zero-order valence-electron chi connectivity index (χ0n) is 23.1. The maximum absolute atomic E-state index is 12.2. The van der Waals surface area contributed by atoms with Crippen molar-refractivity contribution in [3.63, 3.8) is 0 Å². The van der Waals surface area contributed by atoms with Gasteiger partial charge in [0, 0.05) is 24.6 Å². The molecule has 2 unspecified atom stereocenters. The molecule has 16 heteroatoms. The van der Waals surface area contributed by atoms with Gasteiger partial charge in [-0.15, -0.1) is 0 Å². The Balaban J connectivity index is 1.69. The Labute approximate surface area is 233 Å². The Morgan fingerprint density at radius 2 is 1.60 bits per heavy atom. The van der Waals surface area contributed by atoms with Gasteiger partial charge >= 0.3 is 27.3 Å². The van der Waals surface area contributed by atoms with Gasteiger partial charge < -0.3 is 19.3 Å². The molecule has 2 rings (SSSR count). The van der Waals surface area contributed by atoms with Gasteiger partial charge in [-0.2, -0.15) is 4.31 Å². The first-order valence-electron chi connectivity index (χ1n) is 13.7. The molecule has 0 radical (unpaired) electrons. The minimum Gasteiger partial charge on any atom is -0.390 e. The van der Waals surface area contributed by atoms with Gasteiger partial charge in [0.15, 0.2) is 0 Å². The SMILES string of the molecule is CCCCCCCCCCCCCC(=O)OP(=O)(O)OP(=O)(O)OC[C@H]1O[C@@H](n2cc(C)c(=O)[nH]c2=O)C[C@@H]1O. The van der Waals surface area contributed by atoms with Crippen molar-refractivity contribution in [3.05, 3.63) is 32.6 Å². The third-order valence-corrected chi connectivity index (χ3v) is 9.03. The van der Waals surface area contributed by atoms with Gasteiger partial charge in [0.25, 0.3) is 5.56 Å². The van der Waals surface area contributed by atoms with Crippen LogP contribution in [0.2, 0.25) is 0 Å². The number of aliphatic hydroxyl groups is 1. The summed E-state index contributed by atoms with van der Waals surface area (Å²) in [5.41, 5.74) is -1.13. The molecule has 1 aromatic rings. The average molecular weight is 613 g/mol. The Morgan fingerprint density at radius 1 is 1.02 bits per heavy atom. The summed E-state index contributed by atoms with van der Waals surface area (Å²) in [6.07, 6.45) is 9.19. The van der Waals surface area contributed by atoms with Gasteiger partial charge in [-0.1, -0.05) is 71.1 Å². The first-order valence-corrected chi connectivity index (χ1v) is 16.7. The highest BCUT2D eigenvalue weighted by molar-refractivity contribution is 7.61. The van der Waals surface area contributed by atoms with Crippen molar-refractivity contribution in [1.29, 1.82) is 0 Å². The van der Waals surface area contributed by atoms with E-state index >= 15 is 0 Å². The lowest BCUT2D eigenvalue weighted by molar-refractivity contribution is -0.135. The summed E-state index contributed by atoms with van der Waals surface area (Å²) in [7, 11) is -10.5. The lowest BCUT2D eigenvalue weighted by atomic mass is 10.1. The molecule has 0 spiro atoms. The number of unbranched alkanes of at least 4 members (excludes halogenated alkanes) is 10. The summed E-state index contributed by atoms with van der Waals surface area (Å²) in [5, 5.41) is 10.2. The molecule has 0 amide bonds. The Morgan fingerprint density at radius 3 is 2.20 bits per heavy atom. The van der Waals surface area contributed by atoms with Crippen molar-refractivity contribution >= 4 is 21.6 Å². The highest BCUT2D eigenvalue weighted by atomic mass is 31.3. The summed E-state index contributed by atoms with van der Waals surface area (Å²) < 4.78 is 44.0. The quantitative estimate of drug-likeness (QED) is 0.129. The van der Waals surface area contributed by atoms with E-state index in [2.05, 4.69) is 25.3 Å². The van der Waals surface area contributed by atoms with Crippen LogP contribution in [0, 0.1) is 6.92 Å². The minimum atomic E-state index is -5.28. The lowest BCUT2D eigenvalue weighted by Crippen LogP contribution is -2.33. The van der Waals surface area contributed by atoms with E-state index in [-0.39, 0.29) is 18.4 Å². The van der Waals surface area contributed by atoms with E-state index in [0.717, 1.165) is 30.3 Å². The number of nitrogens with one attached hydrogen (secondary N) is 1. The molecule has 0 bridgehead atoms. The van der Waals surface area contributed by atoms with Crippen LogP contribution >= 0.6 is 15.6 Å². The van der Waals surface area contributed by atoms with Gasteiger partial charge in [-0.25, -0.2) is 13.9 Å². The summed E-state index contributed by atoms with van der Waals surface area (Å²) in [4.78, 5) is 57.2. The van der Waals surface area contributed by atoms with Crippen LogP contribution in [-0.2, 0) is 32.0 Å². The van der Waals surface area contributed by atoms with Crippen LogP contribution in [0.3, 0.4) is 0 Å². The van der Waals surface area contributed by atoms with E-state index in [1.165, 1.54) is 51.6 Å². The average Bonchev–Trinajstić information content (AvgIpc) is 3.22. The fraction of sp³-hybridized carbons (Fsp3) is 0.792. The van der Waals surface area contributed by atoms with E-state index in [9.17, 15) is 38.4 Å². The monoisotopic (exact) mass is 612 g/mol. The molecular formula is C24H42N2O12P2. The molecule has 4 N–H and O–H groups in total. The second-order valence-corrected chi connectivity index (χ2v) is 12.9.